The van der Waals surface area contributed by atoms with Gasteiger partial charge in [0.25, 0.3) is 0 Å². The van der Waals surface area contributed by atoms with E-state index in [1.54, 1.807) is 0 Å². The van der Waals surface area contributed by atoms with Gasteiger partial charge in [-0.1, -0.05) is 6.07 Å². The minimum absolute atomic E-state index is 0.331. The number of hydrogen-bond donors (Lipinski definition) is 1. The molecule has 0 aliphatic heterocycles. The third-order valence-corrected chi connectivity index (χ3v) is 3.38. The van der Waals surface area contributed by atoms with Crippen molar-refractivity contribution in [3.05, 3.63) is 29.3 Å². The van der Waals surface area contributed by atoms with Crippen molar-refractivity contribution in [2.24, 2.45) is 0 Å². The normalized spacial score (nSPS) is 15.2. The van der Waals surface area contributed by atoms with Crippen LogP contribution >= 0.6 is 0 Å². The van der Waals surface area contributed by atoms with Crippen LogP contribution in [0, 0.1) is 0 Å². The highest BCUT2D eigenvalue weighted by Gasteiger charge is 2.76. The fraction of sp³-hybridized carbons (Fsp3) is 0.500. The van der Waals surface area contributed by atoms with E-state index in [9.17, 15) is 61.5 Å². The standard InChI is InChI=1S/C12H5F14N/c13-7(9(15,16)17,10(18,19)20)4-1-2-6(27)5(3-4)8(14,11(21,22)23)12(24,25)26/h1-3H,27H2. The monoisotopic (exact) mass is 429 g/mol. The van der Waals surface area contributed by atoms with E-state index >= 15 is 0 Å². The van der Waals surface area contributed by atoms with Crippen LogP contribution in [-0.2, 0) is 11.3 Å². The Kier molecular flexibility index (Phi) is 5.15. The molecule has 0 aliphatic carbocycles. The Morgan fingerprint density at radius 1 is 0.519 bits per heavy atom. The summed E-state index contributed by atoms with van der Waals surface area (Å²) in [6.45, 7) is 0. The SMILES string of the molecule is Nc1ccc(C(F)(C(F)(F)F)C(F)(F)F)cc1C(F)(C(F)(F)F)C(F)(F)F. The van der Waals surface area contributed by atoms with Gasteiger partial charge in [-0.15, -0.1) is 0 Å². The lowest BCUT2D eigenvalue weighted by Crippen LogP contribution is -2.52. The summed E-state index contributed by atoms with van der Waals surface area (Å²) in [5.41, 5.74) is -15.6. The first kappa shape index (κ1) is 23.1. The fourth-order valence-corrected chi connectivity index (χ4v) is 2.02. The molecule has 0 heterocycles. The maximum absolute atomic E-state index is 13.9. The summed E-state index contributed by atoms with van der Waals surface area (Å²) in [4.78, 5) is 0. The van der Waals surface area contributed by atoms with Gasteiger partial charge in [0.15, 0.2) is 0 Å². The molecule has 0 aliphatic rings. The Balaban J connectivity index is 3.94. The maximum atomic E-state index is 13.9. The number of anilines is 1. The van der Waals surface area contributed by atoms with Crippen LogP contribution in [0.4, 0.5) is 67.2 Å². The number of halogens is 14. The summed E-state index contributed by atoms with van der Waals surface area (Å²) < 4.78 is 180. The van der Waals surface area contributed by atoms with Gasteiger partial charge >= 0.3 is 36.0 Å². The molecular weight excluding hydrogens is 424 g/mol. The van der Waals surface area contributed by atoms with Crippen molar-refractivity contribution in [1.82, 2.24) is 0 Å². The van der Waals surface area contributed by atoms with Gasteiger partial charge in [0.05, 0.1) is 0 Å². The van der Waals surface area contributed by atoms with Gasteiger partial charge in [-0.3, -0.25) is 0 Å². The van der Waals surface area contributed by atoms with Crippen LogP contribution in [0.2, 0.25) is 0 Å². The summed E-state index contributed by atoms with van der Waals surface area (Å²) in [5, 5.41) is 0. The zero-order chi connectivity index (χ0) is 21.9. The molecule has 15 heteroatoms. The van der Waals surface area contributed by atoms with Crippen LogP contribution in [0.1, 0.15) is 11.1 Å². The molecule has 0 unspecified atom stereocenters. The molecule has 156 valence electrons. The van der Waals surface area contributed by atoms with Gasteiger partial charge in [-0.2, -0.15) is 52.7 Å². The first-order chi connectivity index (χ1) is 11.6. The molecule has 0 amide bonds. The summed E-state index contributed by atoms with van der Waals surface area (Å²) in [6, 6.07) is -1.98. The molecule has 1 aromatic rings. The third kappa shape index (κ3) is 3.35. The molecule has 0 saturated heterocycles. The summed E-state index contributed by atoms with van der Waals surface area (Å²) in [5.74, 6) is 0. The van der Waals surface area contributed by atoms with Crippen molar-refractivity contribution in [1.29, 1.82) is 0 Å². The number of alkyl halides is 14. The van der Waals surface area contributed by atoms with Crippen LogP contribution in [0.15, 0.2) is 18.2 Å². The van der Waals surface area contributed by atoms with E-state index in [2.05, 4.69) is 0 Å². The second-order valence-corrected chi connectivity index (χ2v) is 5.11. The second kappa shape index (κ2) is 6.02. The van der Waals surface area contributed by atoms with E-state index < -0.39 is 65.0 Å². The predicted molar refractivity (Wildman–Crippen MR) is 60.6 cm³/mol. The lowest BCUT2D eigenvalue weighted by molar-refractivity contribution is -0.350. The molecule has 1 nitrogen and oxygen atoms in total. The number of nitrogen functional groups attached to an aromatic ring is 1. The largest absolute Gasteiger partial charge is 0.436 e. The molecule has 0 spiro atoms. The lowest BCUT2D eigenvalue weighted by atomic mass is 9.86. The summed E-state index contributed by atoms with van der Waals surface area (Å²) >= 11 is 0. The van der Waals surface area contributed by atoms with Gasteiger partial charge < -0.3 is 5.73 Å². The van der Waals surface area contributed by atoms with Crippen molar-refractivity contribution < 1.29 is 61.5 Å². The number of hydrogen-bond acceptors (Lipinski definition) is 1. The Hall–Kier alpha value is -1.96. The topological polar surface area (TPSA) is 26.0 Å². The van der Waals surface area contributed by atoms with Crippen LogP contribution in [0.25, 0.3) is 0 Å². The van der Waals surface area contributed by atoms with Gasteiger partial charge in [-0.05, 0) is 12.1 Å². The van der Waals surface area contributed by atoms with E-state index in [4.69, 9.17) is 5.73 Å². The fourth-order valence-electron chi connectivity index (χ4n) is 2.02. The van der Waals surface area contributed by atoms with Gasteiger partial charge in [0, 0.05) is 16.8 Å². The average molecular weight is 429 g/mol. The molecule has 1 rings (SSSR count). The van der Waals surface area contributed by atoms with Crippen molar-refractivity contribution >= 4 is 5.69 Å². The van der Waals surface area contributed by atoms with E-state index in [0.717, 1.165) is 0 Å². The van der Waals surface area contributed by atoms with Crippen LogP contribution < -0.4 is 5.73 Å². The maximum Gasteiger partial charge on any atom is 0.436 e. The molecular formula is C12H5F14N. The Bertz CT molecular complexity index is 664. The molecule has 0 saturated carbocycles. The average Bonchev–Trinajstić information content (AvgIpc) is 2.41. The van der Waals surface area contributed by atoms with Gasteiger partial charge in [0.1, 0.15) is 0 Å². The Labute approximate surface area is 139 Å². The predicted octanol–water partition coefficient (Wildman–Crippen LogP) is 5.85. The zero-order valence-electron chi connectivity index (χ0n) is 12.1. The van der Waals surface area contributed by atoms with Crippen molar-refractivity contribution in [3.8, 4) is 0 Å². The van der Waals surface area contributed by atoms with Crippen molar-refractivity contribution in [2.45, 2.75) is 36.0 Å². The highest BCUT2D eigenvalue weighted by Crippen LogP contribution is 2.57. The molecule has 0 fully saturated rings. The van der Waals surface area contributed by atoms with Crippen molar-refractivity contribution in [2.75, 3.05) is 5.73 Å². The van der Waals surface area contributed by atoms with Crippen LogP contribution in [-0.4, -0.2) is 24.7 Å². The van der Waals surface area contributed by atoms with Crippen LogP contribution in [0.5, 0.6) is 0 Å². The van der Waals surface area contributed by atoms with E-state index in [1.165, 1.54) is 0 Å². The molecule has 2 N–H and O–H groups in total. The Morgan fingerprint density at radius 3 is 1.15 bits per heavy atom. The second-order valence-electron chi connectivity index (χ2n) is 5.11. The first-order valence-electron chi connectivity index (χ1n) is 6.17. The quantitative estimate of drug-likeness (QED) is 0.464. The van der Waals surface area contributed by atoms with Crippen molar-refractivity contribution in [3.63, 3.8) is 0 Å². The van der Waals surface area contributed by atoms with Crippen LogP contribution in [0.3, 0.4) is 0 Å². The summed E-state index contributed by atoms with van der Waals surface area (Å²) in [6.07, 6.45) is -27.5. The van der Waals surface area contributed by atoms with E-state index in [-0.39, 0.29) is 6.07 Å². The van der Waals surface area contributed by atoms with Gasteiger partial charge in [-0.25, -0.2) is 8.78 Å². The highest BCUT2D eigenvalue weighted by molar-refractivity contribution is 5.54. The number of rotatable bonds is 2. The Morgan fingerprint density at radius 2 is 0.852 bits per heavy atom. The number of benzene rings is 1. The molecule has 0 bridgehead atoms. The lowest BCUT2D eigenvalue weighted by Gasteiger charge is -2.34. The molecule has 27 heavy (non-hydrogen) atoms. The molecule has 0 aromatic heterocycles. The minimum Gasteiger partial charge on any atom is -0.398 e. The van der Waals surface area contributed by atoms with E-state index in [1.807, 2.05) is 0 Å². The zero-order valence-corrected chi connectivity index (χ0v) is 12.1. The third-order valence-electron chi connectivity index (χ3n) is 3.38. The summed E-state index contributed by atoms with van der Waals surface area (Å²) in [7, 11) is 0. The first-order valence-corrected chi connectivity index (χ1v) is 6.17. The highest BCUT2D eigenvalue weighted by atomic mass is 19.4. The molecule has 1 aromatic carbocycles. The smallest absolute Gasteiger partial charge is 0.398 e. The molecule has 0 radical (unpaired) electrons. The number of nitrogens with two attached hydrogens (primary N) is 1. The van der Waals surface area contributed by atoms with E-state index in [0.29, 0.717) is 0 Å². The molecule has 0 atom stereocenters. The van der Waals surface area contributed by atoms with Gasteiger partial charge in [0.2, 0.25) is 0 Å². The minimum atomic E-state index is -6.90.